The van der Waals surface area contributed by atoms with E-state index in [1.165, 1.54) is 6.07 Å². The highest BCUT2D eigenvalue weighted by atomic mass is 16.4. The van der Waals surface area contributed by atoms with Crippen LogP contribution < -0.4 is 0 Å². The van der Waals surface area contributed by atoms with E-state index in [-0.39, 0.29) is 5.56 Å². The van der Waals surface area contributed by atoms with Gasteiger partial charge in [0.05, 0.1) is 18.1 Å². The number of carboxylic acids is 1. The van der Waals surface area contributed by atoms with Gasteiger partial charge in [0.25, 0.3) is 0 Å². The third-order valence-electron chi connectivity index (χ3n) is 2.10. The van der Waals surface area contributed by atoms with Crippen molar-refractivity contribution in [3.8, 4) is 6.07 Å². The minimum absolute atomic E-state index is 0.281. The molecule has 1 N–H and O–H groups in total. The van der Waals surface area contributed by atoms with Crippen LogP contribution in [0.15, 0.2) is 18.2 Å². The smallest absolute Gasteiger partial charge is 0.335 e. The van der Waals surface area contributed by atoms with Crippen LogP contribution >= 0.6 is 0 Å². The molecule has 1 aromatic carbocycles. The summed E-state index contributed by atoms with van der Waals surface area (Å²) >= 11 is 0. The Hall–Kier alpha value is -1.82. The maximum Gasteiger partial charge on any atom is 0.335 e. The van der Waals surface area contributed by atoms with Crippen molar-refractivity contribution in [3.05, 3.63) is 34.9 Å². The molecular weight excluding hydrogens is 178 g/mol. The van der Waals surface area contributed by atoms with Crippen LogP contribution in [0.25, 0.3) is 0 Å². The topological polar surface area (TPSA) is 61.1 Å². The molecule has 0 aliphatic carbocycles. The van der Waals surface area contributed by atoms with Crippen molar-refractivity contribution < 1.29 is 9.90 Å². The summed E-state index contributed by atoms with van der Waals surface area (Å²) in [4.78, 5) is 10.7. The molecule has 0 bridgehead atoms. The predicted octanol–water partition coefficient (Wildman–Crippen LogP) is 2.01. The highest BCUT2D eigenvalue weighted by Crippen LogP contribution is 2.13. The lowest BCUT2D eigenvalue weighted by Crippen LogP contribution is -2.00. The standard InChI is InChI=1S/C11H11NO2/c1-2-8-7-10(11(13)14)4-3-9(8)5-6-12/h3-4,7H,2,5H2,1H3,(H,13,14). The molecule has 0 atom stereocenters. The minimum Gasteiger partial charge on any atom is -0.478 e. The molecule has 14 heavy (non-hydrogen) atoms. The number of hydrogen-bond acceptors (Lipinski definition) is 2. The lowest BCUT2D eigenvalue weighted by Gasteiger charge is -2.05. The number of nitriles is 1. The molecule has 0 aliphatic rings. The molecule has 1 aromatic rings. The largest absolute Gasteiger partial charge is 0.478 e. The van der Waals surface area contributed by atoms with Gasteiger partial charge in [0.15, 0.2) is 0 Å². The number of nitrogens with zero attached hydrogens (tertiary/aromatic N) is 1. The summed E-state index contributed by atoms with van der Waals surface area (Å²) in [5.41, 5.74) is 2.13. The van der Waals surface area contributed by atoms with Crippen molar-refractivity contribution >= 4 is 5.97 Å². The lowest BCUT2D eigenvalue weighted by atomic mass is 10.00. The second-order valence-electron chi connectivity index (χ2n) is 2.98. The first kappa shape index (κ1) is 10.3. The van der Waals surface area contributed by atoms with Gasteiger partial charge in [-0.3, -0.25) is 0 Å². The van der Waals surface area contributed by atoms with Crippen LogP contribution in [0.5, 0.6) is 0 Å². The second kappa shape index (κ2) is 4.43. The molecule has 3 heteroatoms. The molecule has 0 fully saturated rings. The fourth-order valence-electron chi connectivity index (χ4n) is 1.35. The van der Waals surface area contributed by atoms with Crippen molar-refractivity contribution in [2.75, 3.05) is 0 Å². The van der Waals surface area contributed by atoms with Gasteiger partial charge in [-0.15, -0.1) is 0 Å². The molecule has 0 unspecified atom stereocenters. The second-order valence-corrected chi connectivity index (χ2v) is 2.98. The van der Waals surface area contributed by atoms with Crippen LogP contribution in [0.2, 0.25) is 0 Å². The summed E-state index contributed by atoms with van der Waals surface area (Å²) in [6.07, 6.45) is 1.08. The van der Waals surface area contributed by atoms with Crippen molar-refractivity contribution in [2.45, 2.75) is 19.8 Å². The Morgan fingerprint density at radius 2 is 2.21 bits per heavy atom. The van der Waals surface area contributed by atoms with Crippen LogP contribution in [-0.4, -0.2) is 11.1 Å². The maximum absolute atomic E-state index is 10.7. The van der Waals surface area contributed by atoms with Gasteiger partial charge in [0, 0.05) is 0 Å². The Morgan fingerprint density at radius 3 is 2.71 bits per heavy atom. The first-order valence-electron chi connectivity index (χ1n) is 4.41. The fraction of sp³-hybridized carbons (Fsp3) is 0.273. The first-order valence-corrected chi connectivity index (χ1v) is 4.41. The van der Waals surface area contributed by atoms with E-state index in [1.54, 1.807) is 12.1 Å². The highest BCUT2D eigenvalue weighted by molar-refractivity contribution is 5.87. The van der Waals surface area contributed by atoms with E-state index in [4.69, 9.17) is 10.4 Å². The molecule has 0 saturated carbocycles. The summed E-state index contributed by atoms with van der Waals surface area (Å²) < 4.78 is 0. The Morgan fingerprint density at radius 1 is 1.50 bits per heavy atom. The Bertz CT molecular complexity index is 391. The molecule has 0 heterocycles. The number of carboxylic acid groups (broad SMARTS) is 1. The molecule has 72 valence electrons. The summed E-state index contributed by atoms with van der Waals surface area (Å²) in [5.74, 6) is -0.928. The van der Waals surface area contributed by atoms with E-state index >= 15 is 0 Å². The summed E-state index contributed by atoms with van der Waals surface area (Å²) in [7, 11) is 0. The quantitative estimate of drug-likeness (QED) is 0.791. The number of rotatable bonds is 3. The Kier molecular flexibility index (Phi) is 3.24. The normalized spacial score (nSPS) is 9.43. The van der Waals surface area contributed by atoms with Gasteiger partial charge < -0.3 is 5.11 Å². The van der Waals surface area contributed by atoms with Crippen LogP contribution in [0.3, 0.4) is 0 Å². The van der Waals surface area contributed by atoms with E-state index < -0.39 is 5.97 Å². The third-order valence-corrected chi connectivity index (χ3v) is 2.10. The average Bonchev–Trinajstić information content (AvgIpc) is 2.18. The SMILES string of the molecule is CCc1cc(C(=O)O)ccc1CC#N. The van der Waals surface area contributed by atoms with Crippen molar-refractivity contribution in [1.29, 1.82) is 5.26 Å². The summed E-state index contributed by atoms with van der Waals surface area (Å²) in [5, 5.41) is 17.3. The number of carbonyl (C=O) groups is 1. The van der Waals surface area contributed by atoms with E-state index in [9.17, 15) is 4.79 Å². The minimum atomic E-state index is -0.928. The number of aryl methyl sites for hydroxylation is 1. The van der Waals surface area contributed by atoms with Crippen LogP contribution in [-0.2, 0) is 12.8 Å². The predicted molar refractivity (Wildman–Crippen MR) is 52.1 cm³/mol. The van der Waals surface area contributed by atoms with E-state index in [0.717, 1.165) is 17.5 Å². The fourth-order valence-corrected chi connectivity index (χ4v) is 1.35. The van der Waals surface area contributed by atoms with Gasteiger partial charge in [-0.2, -0.15) is 5.26 Å². The first-order chi connectivity index (χ1) is 6.69. The van der Waals surface area contributed by atoms with Gasteiger partial charge in [-0.25, -0.2) is 4.79 Å². The van der Waals surface area contributed by atoms with Crippen LogP contribution in [0.4, 0.5) is 0 Å². The van der Waals surface area contributed by atoms with Crippen molar-refractivity contribution in [2.24, 2.45) is 0 Å². The molecule has 0 spiro atoms. The molecule has 0 saturated heterocycles. The third kappa shape index (κ3) is 2.11. The molecular formula is C11H11NO2. The van der Waals surface area contributed by atoms with Crippen molar-refractivity contribution in [3.63, 3.8) is 0 Å². The average molecular weight is 189 g/mol. The molecule has 0 aliphatic heterocycles. The van der Waals surface area contributed by atoms with Crippen molar-refractivity contribution in [1.82, 2.24) is 0 Å². The Balaban J connectivity index is 3.12. The highest BCUT2D eigenvalue weighted by Gasteiger charge is 2.06. The van der Waals surface area contributed by atoms with Crippen LogP contribution in [0.1, 0.15) is 28.4 Å². The zero-order valence-corrected chi connectivity index (χ0v) is 7.95. The number of aromatic carboxylic acids is 1. The maximum atomic E-state index is 10.7. The number of benzene rings is 1. The van der Waals surface area contributed by atoms with E-state index in [1.807, 2.05) is 6.92 Å². The molecule has 0 amide bonds. The van der Waals surface area contributed by atoms with Gasteiger partial charge >= 0.3 is 5.97 Å². The zero-order chi connectivity index (χ0) is 10.6. The molecule has 3 nitrogen and oxygen atoms in total. The van der Waals surface area contributed by atoms with Gasteiger partial charge in [0.1, 0.15) is 0 Å². The van der Waals surface area contributed by atoms with Gasteiger partial charge in [-0.1, -0.05) is 13.0 Å². The molecule has 0 radical (unpaired) electrons. The van der Waals surface area contributed by atoms with Gasteiger partial charge in [-0.05, 0) is 29.7 Å². The van der Waals surface area contributed by atoms with Gasteiger partial charge in [0.2, 0.25) is 0 Å². The molecule has 1 rings (SSSR count). The summed E-state index contributed by atoms with van der Waals surface area (Å²) in [6.45, 7) is 1.95. The Labute approximate surface area is 82.6 Å². The molecule has 0 aromatic heterocycles. The summed E-state index contributed by atoms with van der Waals surface area (Å²) in [6, 6.07) is 6.94. The van der Waals surface area contributed by atoms with Crippen LogP contribution in [0, 0.1) is 11.3 Å². The lowest BCUT2D eigenvalue weighted by molar-refractivity contribution is 0.0697. The zero-order valence-electron chi connectivity index (χ0n) is 7.95. The van der Waals surface area contributed by atoms with E-state index in [0.29, 0.717) is 6.42 Å². The monoisotopic (exact) mass is 189 g/mol. The van der Waals surface area contributed by atoms with E-state index in [2.05, 4.69) is 6.07 Å². The number of hydrogen-bond donors (Lipinski definition) is 1.